The van der Waals surface area contributed by atoms with Crippen LogP contribution in [0.2, 0.25) is 0 Å². The van der Waals surface area contributed by atoms with E-state index in [2.05, 4.69) is 32.0 Å². The molecule has 8 heteroatoms. The van der Waals surface area contributed by atoms with E-state index in [1.54, 1.807) is 0 Å². The van der Waals surface area contributed by atoms with Crippen LogP contribution in [-0.2, 0) is 9.53 Å². The number of amides is 1. The van der Waals surface area contributed by atoms with E-state index in [0.717, 1.165) is 69.4 Å². The van der Waals surface area contributed by atoms with Crippen molar-refractivity contribution in [3.05, 3.63) is 6.07 Å². The number of morpholine rings is 1. The van der Waals surface area contributed by atoms with E-state index in [-0.39, 0.29) is 11.8 Å². The lowest BCUT2D eigenvalue weighted by molar-refractivity contribution is -0.126. The minimum absolute atomic E-state index is 0.0985. The number of piperidine rings is 1. The summed E-state index contributed by atoms with van der Waals surface area (Å²) in [6.45, 7) is 6.97. The summed E-state index contributed by atoms with van der Waals surface area (Å²) in [4.78, 5) is 26.0. The Hall–Kier alpha value is -2.09. The number of rotatable bonds is 4. The third-order valence-corrected chi connectivity index (χ3v) is 6.52. The van der Waals surface area contributed by atoms with Crippen LogP contribution in [0.4, 0.5) is 17.6 Å². The number of ether oxygens (including phenoxy) is 1. The van der Waals surface area contributed by atoms with Crippen LogP contribution in [0.15, 0.2) is 6.07 Å². The first-order valence-corrected chi connectivity index (χ1v) is 11.1. The van der Waals surface area contributed by atoms with Crippen molar-refractivity contribution in [2.75, 3.05) is 54.9 Å². The fraction of sp³-hybridized carbons (Fsp3) is 0.762. The highest BCUT2D eigenvalue weighted by atomic mass is 16.5. The van der Waals surface area contributed by atoms with Crippen LogP contribution in [0, 0.1) is 11.8 Å². The van der Waals surface area contributed by atoms with Gasteiger partial charge in [0.2, 0.25) is 11.9 Å². The molecule has 1 saturated carbocycles. The Kier molecular flexibility index (Phi) is 6.37. The maximum Gasteiger partial charge on any atom is 0.223 e. The zero-order chi connectivity index (χ0) is 20.2. The predicted molar refractivity (Wildman–Crippen MR) is 114 cm³/mol. The molecule has 0 radical (unpaired) electrons. The molecule has 2 unspecified atom stereocenters. The van der Waals surface area contributed by atoms with E-state index in [1.807, 2.05) is 6.07 Å². The van der Waals surface area contributed by atoms with Crippen molar-refractivity contribution in [2.24, 2.45) is 11.8 Å². The van der Waals surface area contributed by atoms with Gasteiger partial charge in [-0.2, -0.15) is 9.97 Å². The van der Waals surface area contributed by atoms with Crippen LogP contribution in [0.25, 0.3) is 0 Å². The van der Waals surface area contributed by atoms with Crippen LogP contribution < -0.4 is 20.9 Å². The Morgan fingerprint density at radius 2 is 1.72 bits per heavy atom. The number of nitrogens with one attached hydrogen (secondary N) is 1. The number of hydrogen-bond acceptors (Lipinski definition) is 7. The minimum Gasteiger partial charge on any atom is -0.378 e. The highest BCUT2D eigenvalue weighted by Crippen LogP contribution is 2.27. The average molecular weight is 403 g/mol. The van der Waals surface area contributed by atoms with Gasteiger partial charge in [0.05, 0.1) is 13.2 Å². The summed E-state index contributed by atoms with van der Waals surface area (Å²) >= 11 is 0. The lowest BCUT2D eigenvalue weighted by atomic mass is 9.86. The van der Waals surface area contributed by atoms with Gasteiger partial charge in [-0.3, -0.25) is 4.79 Å². The molecule has 3 aliphatic rings. The fourth-order valence-corrected chi connectivity index (χ4v) is 4.81. The molecular formula is C21H34N6O2. The molecule has 1 amide bonds. The summed E-state index contributed by atoms with van der Waals surface area (Å²) in [7, 11) is 0. The van der Waals surface area contributed by atoms with E-state index in [4.69, 9.17) is 10.5 Å². The monoisotopic (exact) mass is 402 g/mol. The van der Waals surface area contributed by atoms with Crippen LogP contribution in [0.3, 0.4) is 0 Å². The third kappa shape index (κ3) is 5.10. The SMILES string of the molecule is CC1CCCC(NC(=O)C2CCN(c3cc(N4CCOCC4)nc(N)n3)CC2)C1. The molecule has 3 heterocycles. The van der Waals surface area contributed by atoms with Gasteiger partial charge >= 0.3 is 0 Å². The number of anilines is 3. The maximum absolute atomic E-state index is 12.7. The second-order valence-electron chi connectivity index (χ2n) is 8.78. The summed E-state index contributed by atoms with van der Waals surface area (Å²) in [5.74, 6) is 3.08. The molecule has 2 saturated heterocycles. The molecule has 2 aliphatic heterocycles. The van der Waals surface area contributed by atoms with Gasteiger partial charge in [-0.25, -0.2) is 0 Å². The zero-order valence-corrected chi connectivity index (χ0v) is 17.5. The Morgan fingerprint density at radius 1 is 1.07 bits per heavy atom. The Bertz CT molecular complexity index is 700. The molecule has 4 rings (SSSR count). The number of carbonyl (C=O) groups is 1. The van der Waals surface area contributed by atoms with E-state index < -0.39 is 0 Å². The van der Waals surface area contributed by atoms with Crippen LogP contribution >= 0.6 is 0 Å². The first-order chi connectivity index (χ1) is 14.1. The Morgan fingerprint density at radius 3 is 2.38 bits per heavy atom. The summed E-state index contributed by atoms with van der Waals surface area (Å²) < 4.78 is 5.43. The van der Waals surface area contributed by atoms with Crippen molar-refractivity contribution < 1.29 is 9.53 Å². The smallest absolute Gasteiger partial charge is 0.223 e. The molecule has 3 N–H and O–H groups in total. The number of nitrogen functional groups attached to an aromatic ring is 1. The molecule has 1 aliphatic carbocycles. The topological polar surface area (TPSA) is 96.6 Å². The normalized spacial score (nSPS) is 26.4. The van der Waals surface area contributed by atoms with Gasteiger partial charge in [0, 0.05) is 44.2 Å². The second kappa shape index (κ2) is 9.15. The summed E-state index contributed by atoms with van der Waals surface area (Å²) in [5.41, 5.74) is 5.99. The van der Waals surface area contributed by atoms with E-state index in [1.165, 1.54) is 12.8 Å². The van der Waals surface area contributed by atoms with Crippen molar-refractivity contribution in [1.82, 2.24) is 15.3 Å². The Labute approximate surface area is 173 Å². The maximum atomic E-state index is 12.7. The van der Waals surface area contributed by atoms with E-state index in [9.17, 15) is 4.79 Å². The van der Waals surface area contributed by atoms with Gasteiger partial charge in [0.25, 0.3) is 0 Å². The number of carbonyl (C=O) groups excluding carboxylic acids is 1. The molecule has 1 aromatic rings. The zero-order valence-electron chi connectivity index (χ0n) is 17.5. The van der Waals surface area contributed by atoms with E-state index >= 15 is 0 Å². The van der Waals surface area contributed by atoms with Gasteiger partial charge in [-0.1, -0.05) is 19.8 Å². The summed E-state index contributed by atoms with van der Waals surface area (Å²) in [6.07, 6.45) is 6.47. The van der Waals surface area contributed by atoms with Gasteiger partial charge in [-0.05, 0) is 31.6 Å². The summed E-state index contributed by atoms with van der Waals surface area (Å²) in [6, 6.07) is 2.38. The van der Waals surface area contributed by atoms with Crippen LogP contribution in [0.5, 0.6) is 0 Å². The van der Waals surface area contributed by atoms with Crippen molar-refractivity contribution in [2.45, 2.75) is 51.5 Å². The molecule has 29 heavy (non-hydrogen) atoms. The highest BCUT2D eigenvalue weighted by Gasteiger charge is 2.29. The van der Waals surface area contributed by atoms with Gasteiger partial charge in [0.1, 0.15) is 11.6 Å². The third-order valence-electron chi connectivity index (χ3n) is 6.52. The van der Waals surface area contributed by atoms with Crippen molar-refractivity contribution in [3.8, 4) is 0 Å². The average Bonchev–Trinajstić information content (AvgIpc) is 2.74. The van der Waals surface area contributed by atoms with Gasteiger partial charge < -0.3 is 25.6 Å². The quantitative estimate of drug-likeness (QED) is 0.793. The Balaban J connectivity index is 1.33. The lowest BCUT2D eigenvalue weighted by Crippen LogP contribution is -2.45. The molecule has 0 spiro atoms. The molecule has 0 bridgehead atoms. The van der Waals surface area contributed by atoms with Crippen molar-refractivity contribution in [3.63, 3.8) is 0 Å². The molecule has 3 fully saturated rings. The highest BCUT2D eigenvalue weighted by molar-refractivity contribution is 5.79. The van der Waals surface area contributed by atoms with E-state index in [0.29, 0.717) is 25.2 Å². The van der Waals surface area contributed by atoms with Crippen LogP contribution in [-0.4, -0.2) is 61.3 Å². The summed E-state index contributed by atoms with van der Waals surface area (Å²) in [5, 5.41) is 3.31. The molecule has 1 aromatic heterocycles. The van der Waals surface area contributed by atoms with Crippen molar-refractivity contribution >= 4 is 23.5 Å². The predicted octanol–water partition coefficient (Wildman–Crippen LogP) is 1.81. The minimum atomic E-state index is 0.0985. The first kappa shape index (κ1) is 20.2. The van der Waals surface area contributed by atoms with Gasteiger partial charge in [0.15, 0.2) is 0 Å². The second-order valence-corrected chi connectivity index (χ2v) is 8.78. The standard InChI is InChI=1S/C21H34N6O2/c1-15-3-2-4-17(13-15)23-20(28)16-5-7-26(8-6-16)18-14-19(25-21(22)24-18)27-9-11-29-12-10-27/h14-17H,2-13H2,1H3,(H,23,28)(H2,22,24,25). The molecule has 160 valence electrons. The fourth-order valence-electron chi connectivity index (χ4n) is 4.81. The number of aromatic nitrogens is 2. The van der Waals surface area contributed by atoms with Gasteiger partial charge in [-0.15, -0.1) is 0 Å². The molecular weight excluding hydrogens is 368 g/mol. The first-order valence-electron chi connectivity index (χ1n) is 11.1. The molecule has 2 atom stereocenters. The lowest BCUT2D eigenvalue weighted by Gasteiger charge is -2.35. The largest absolute Gasteiger partial charge is 0.378 e. The van der Waals surface area contributed by atoms with Crippen LogP contribution in [0.1, 0.15) is 45.4 Å². The van der Waals surface area contributed by atoms with Crippen molar-refractivity contribution in [1.29, 1.82) is 0 Å². The number of nitrogens with two attached hydrogens (primary N) is 1. The number of nitrogens with zero attached hydrogens (tertiary/aromatic N) is 4. The molecule has 0 aromatic carbocycles. The number of hydrogen-bond donors (Lipinski definition) is 2. The molecule has 8 nitrogen and oxygen atoms in total.